The number of hydrogen-bond donors (Lipinski definition) is 2. The van der Waals surface area contributed by atoms with E-state index in [-0.39, 0.29) is 11.8 Å². The molecule has 2 amide bonds. The lowest BCUT2D eigenvalue weighted by Crippen LogP contribution is -2.27. The normalized spacial score (nSPS) is 15.6. The third-order valence-electron chi connectivity index (χ3n) is 1.34. The summed E-state index contributed by atoms with van der Waals surface area (Å²) < 4.78 is 0. The fourth-order valence-electron chi connectivity index (χ4n) is 0.789. The molecule has 0 fully saturated rings. The Bertz CT molecular complexity index is 279. The molecule has 0 saturated heterocycles. The zero-order chi connectivity index (χ0) is 9.14. The molecule has 0 aromatic carbocycles. The minimum Gasteiger partial charge on any atom is -0.377 e. The predicted molar refractivity (Wildman–Crippen MR) is 44.0 cm³/mol. The van der Waals surface area contributed by atoms with Crippen LogP contribution < -0.4 is 10.6 Å². The maximum atomic E-state index is 10.9. The molecule has 4 nitrogen and oxygen atoms in total. The van der Waals surface area contributed by atoms with E-state index in [0.717, 1.165) is 5.57 Å². The van der Waals surface area contributed by atoms with Crippen LogP contribution in [-0.4, -0.2) is 18.4 Å². The summed E-state index contributed by atoms with van der Waals surface area (Å²) in [4.78, 5) is 21.5. The molecular weight excluding hydrogens is 156 g/mol. The molecule has 0 saturated carbocycles. The average Bonchev–Trinajstić information content (AvgIpc) is 2.26. The smallest absolute Gasteiger partial charge is 0.274 e. The number of carbonyl (C=O) groups is 2. The first kappa shape index (κ1) is 8.52. The SMILES string of the molecule is C=C(C)CNC1=CC(=O)NC1=O. The van der Waals surface area contributed by atoms with E-state index < -0.39 is 0 Å². The van der Waals surface area contributed by atoms with Crippen LogP contribution in [0.4, 0.5) is 0 Å². The van der Waals surface area contributed by atoms with Gasteiger partial charge in [0.05, 0.1) is 0 Å². The van der Waals surface area contributed by atoms with Crippen molar-refractivity contribution in [2.45, 2.75) is 6.92 Å². The second-order valence-corrected chi connectivity index (χ2v) is 2.69. The van der Waals surface area contributed by atoms with Gasteiger partial charge in [-0.3, -0.25) is 14.9 Å². The maximum Gasteiger partial charge on any atom is 0.274 e. The molecule has 0 bridgehead atoms. The molecule has 1 aliphatic heterocycles. The largest absolute Gasteiger partial charge is 0.377 e. The van der Waals surface area contributed by atoms with Crippen molar-refractivity contribution < 1.29 is 9.59 Å². The first-order valence-corrected chi connectivity index (χ1v) is 3.55. The monoisotopic (exact) mass is 166 g/mol. The number of amides is 2. The van der Waals surface area contributed by atoms with Crippen molar-refractivity contribution in [2.24, 2.45) is 0 Å². The Morgan fingerprint density at radius 2 is 2.33 bits per heavy atom. The summed E-state index contributed by atoms with van der Waals surface area (Å²) in [6, 6.07) is 0. The summed E-state index contributed by atoms with van der Waals surface area (Å²) in [6.45, 7) is 6.00. The molecule has 0 aromatic heterocycles. The van der Waals surface area contributed by atoms with Crippen molar-refractivity contribution in [1.82, 2.24) is 10.6 Å². The van der Waals surface area contributed by atoms with Gasteiger partial charge in [0.1, 0.15) is 5.70 Å². The fraction of sp³-hybridized carbons (Fsp3) is 0.250. The highest BCUT2D eigenvalue weighted by atomic mass is 16.2. The molecule has 0 aromatic rings. The molecule has 1 heterocycles. The van der Waals surface area contributed by atoms with E-state index in [0.29, 0.717) is 12.2 Å². The van der Waals surface area contributed by atoms with Gasteiger partial charge in [-0.25, -0.2) is 0 Å². The van der Waals surface area contributed by atoms with Crippen molar-refractivity contribution >= 4 is 11.8 Å². The van der Waals surface area contributed by atoms with Crippen LogP contribution in [0.5, 0.6) is 0 Å². The molecule has 0 radical (unpaired) electrons. The van der Waals surface area contributed by atoms with E-state index in [4.69, 9.17) is 0 Å². The van der Waals surface area contributed by atoms with Gasteiger partial charge >= 0.3 is 0 Å². The molecule has 0 unspecified atom stereocenters. The summed E-state index contributed by atoms with van der Waals surface area (Å²) >= 11 is 0. The molecule has 1 aliphatic rings. The first-order chi connectivity index (χ1) is 5.59. The Kier molecular flexibility index (Phi) is 2.28. The van der Waals surface area contributed by atoms with Gasteiger partial charge in [-0.15, -0.1) is 0 Å². The van der Waals surface area contributed by atoms with E-state index in [9.17, 15) is 9.59 Å². The summed E-state index contributed by atoms with van der Waals surface area (Å²) in [6.07, 6.45) is 1.24. The maximum absolute atomic E-state index is 10.9. The van der Waals surface area contributed by atoms with Crippen LogP contribution in [-0.2, 0) is 9.59 Å². The van der Waals surface area contributed by atoms with Crippen LogP contribution in [0.15, 0.2) is 23.9 Å². The standard InChI is InChI=1S/C8H10N2O2/c1-5(2)4-9-6-3-7(11)10-8(6)12/h3H,1,4H2,2H3,(H2,9,10,11,12). The van der Waals surface area contributed by atoms with Gasteiger partial charge in [0.25, 0.3) is 11.8 Å². The highest BCUT2D eigenvalue weighted by Crippen LogP contribution is 1.98. The van der Waals surface area contributed by atoms with Gasteiger partial charge in [0.2, 0.25) is 0 Å². The number of imide groups is 1. The molecule has 4 heteroatoms. The van der Waals surface area contributed by atoms with Crippen molar-refractivity contribution in [2.75, 3.05) is 6.54 Å². The fourth-order valence-corrected chi connectivity index (χ4v) is 0.789. The number of hydrogen-bond acceptors (Lipinski definition) is 3. The van der Waals surface area contributed by atoms with E-state index in [2.05, 4.69) is 17.2 Å². The second-order valence-electron chi connectivity index (χ2n) is 2.69. The summed E-state index contributed by atoms with van der Waals surface area (Å²) in [5, 5.41) is 4.92. The van der Waals surface area contributed by atoms with Gasteiger partial charge in [-0.1, -0.05) is 12.2 Å². The Morgan fingerprint density at radius 3 is 2.75 bits per heavy atom. The van der Waals surface area contributed by atoms with Crippen molar-refractivity contribution in [3.05, 3.63) is 23.9 Å². The number of carbonyl (C=O) groups excluding carboxylic acids is 2. The van der Waals surface area contributed by atoms with E-state index in [1.54, 1.807) is 0 Å². The second kappa shape index (κ2) is 3.21. The zero-order valence-electron chi connectivity index (χ0n) is 6.81. The highest BCUT2D eigenvalue weighted by Gasteiger charge is 2.19. The van der Waals surface area contributed by atoms with Gasteiger partial charge in [0.15, 0.2) is 0 Å². The molecular formula is C8H10N2O2. The summed E-state index contributed by atoms with van der Waals surface area (Å²) in [5.41, 5.74) is 1.21. The minimum absolute atomic E-state index is 0.308. The molecule has 2 N–H and O–H groups in total. The first-order valence-electron chi connectivity index (χ1n) is 3.55. The Hall–Kier alpha value is -1.58. The molecule has 0 atom stereocenters. The van der Waals surface area contributed by atoms with Gasteiger partial charge in [-0.05, 0) is 6.92 Å². The van der Waals surface area contributed by atoms with Crippen LogP contribution in [0.25, 0.3) is 0 Å². The van der Waals surface area contributed by atoms with Crippen LogP contribution in [0, 0.1) is 0 Å². The lowest BCUT2D eigenvalue weighted by atomic mass is 10.3. The van der Waals surface area contributed by atoms with Gasteiger partial charge in [-0.2, -0.15) is 0 Å². The molecule has 12 heavy (non-hydrogen) atoms. The summed E-state index contributed by atoms with van der Waals surface area (Å²) in [5.74, 6) is -0.745. The number of rotatable bonds is 3. The van der Waals surface area contributed by atoms with Crippen LogP contribution in [0.3, 0.4) is 0 Å². The number of nitrogens with one attached hydrogen (secondary N) is 2. The highest BCUT2D eigenvalue weighted by molar-refractivity contribution is 6.15. The Balaban J connectivity index is 2.52. The van der Waals surface area contributed by atoms with Gasteiger partial charge < -0.3 is 5.32 Å². The average molecular weight is 166 g/mol. The van der Waals surface area contributed by atoms with E-state index in [1.165, 1.54) is 6.08 Å². The molecule has 64 valence electrons. The van der Waals surface area contributed by atoms with Crippen molar-refractivity contribution in [3.63, 3.8) is 0 Å². The summed E-state index contributed by atoms with van der Waals surface area (Å²) in [7, 11) is 0. The molecule has 0 aliphatic carbocycles. The third kappa shape index (κ3) is 1.95. The van der Waals surface area contributed by atoms with Crippen LogP contribution >= 0.6 is 0 Å². The zero-order valence-corrected chi connectivity index (χ0v) is 6.81. The van der Waals surface area contributed by atoms with Crippen molar-refractivity contribution in [1.29, 1.82) is 0 Å². The van der Waals surface area contributed by atoms with Crippen LogP contribution in [0.2, 0.25) is 0 Å². The Labute approximate surface area is 70.3 Å². The Morgan fingerprint density at radius 1 is 1.67 bits per heavy atom. The molecule has 1 rings (SSSR count). The quantitative estimate of drug-likeness (QED) is 0.446. The van der Waals surface area contributed by atoms with E-state index in [1.807, 2.05) is 6.92 Å². The van der Waals surface area contributed by atoms with Crippen LogP contribution in [0.1, 0.15) is 6.92 Å². The lowest BCUT2D eigenvalue weighted by Gasteiger charge is -2.03. The van der Waals surface area contributed by atoms with Crippen molar-refractivity contribution in [3.8, 4) is 0 Å². The van der Waals surface area contributed by atoms with Gasteiger partial charge in [0, 0.05) is 12.6 Å². The third-order valence-corrected chi connectivity index (χ3v) is 1.34. The lowest BCUT2D eigenvalue weighted by molar-refractivity contribution is -0.123. The molecule has 0 spiro atoms. The van der Waals surface area contributed by atoms with E-state index >= 15 is 0 Å². The predicted octanol–water partition coefficient (Wildman–Crippen LogP) is -0.308. The topological polar surface area (TPSA) is 58.2 Å². The minimum atomic E-state index is -0.374.